The monoisotopic (exact) mass is 180 g/mol. The van der Waals surface area contributed by atoms with E-state index in [0.29, 0.717) is 6.04 Å². The van der Waals surface area contributed by atoms with Crippen molar-refractivity contribution in [2.45, 2.75) is 33.2 Å². The van der Waals surface area contributed by atoms with Crippen LogP contribution in [-0.4, -0.2) is 15.6 Å². The topological polar surface area (TPSA) is 67.7 Å². The van der Waals surface area contributed by atoms with E-state index in [-0.39, 0.29) is 5.84 Å². The van der Waals surface area contributed by atoms with E-state index in [0.717, 1.165) is 17.7 Å². The standard InChI is InChI=1S/C9H16N4/c1-4-6(2)13-7(3)8(5-12-13)9(10)11/h5-6H,4H2,1-3H3,(H3,10,11). The van der Waals surface area contributed by atoms with E-state index < -0.39 is 0 Å². The van der Waals surface area contributed by atoms with Gasteiger partial charge in [0.05, 0.1) is 11.8 Å². The summed E-state index contributed by atoms with van der Waals surface area (Å²) in [7, 11) is 0. The molecule has 3 N–H and O–H groups in total. The molecule has 0 fully saturated rings. The van der Waals surface area contributed by atoms with Gasteiger partial charge in [-0.25, -0.2) is 0 Å². The van der Waals surface area contributed by atoms with Crippen LogP contribution in [0.4, 0.5) is 0 Å². The van der Waals surface area contributed by atoms with Crippen molar-refractivity contribution in [3.63, 3.8) is 0 Å². The van der Waals surface area contributed by atoms with E-state index in [2.05, 4.69) is 18.9 Å². The average Bonchev–Trinajstić information content (AvgIpc) is 2.46. The van der Waals surface area contributed by atoms with Crippen molar-refractivity contribution >= 4 is 5.84 Å². The van der Waals surface area contributed by atoms with Gasteiger partial charge in [-0.05, 0) is 20.3 Å². The maximum atomic E-state index is 7.31. The van der Waals surface area contributed by atoms with Crippen LogP contribution in [0, 0.1) is 12.3 Å². The number of hydrogen-bond donors (Lipinski definition) is 2. The van der Waals surface area contributed by atoms with E-state index in [1.54, 1.807) is 6.20 Å². The summed E-state index contributed by atoms with van der Waals surface area (Å²) in [4.78, 5) is 0. The number of nitrogens with one attached hydrogen (secondary N) is 1. The van der Waals surface area contributed by atoms with Crippen molar-refractivity contribution in [1.29, 1.82) is 5.41 Å². The van der Waals surface area contributed by atoms with Gasteiger partial charge in [0.25, 0.3) is 0 Å². The zero-order chi connectivity index (χ0) is 10.0. The van der Waals surface area contributed by atoms with Crippen molar-refractivity contribution in [1.82, 2.24) is 9.78 Å². The van der Waals surface area contributed by atoms with E-state index in [9.17, 15) is 0 Å². The Morgan fingerprint density at radius 2 is 2.38 bits per heavy atom. The van der Waals surface area contributed by atoms with Crippen LogP contribution in [0.5, 0.6) is 0 Å². The average molecular weight is 180 g/mol. The highest BCUT2D eigenvalue weighted by Gasteiger charge is 2.11. The van der Waals surface area contributed by atoms with Gasteiger partial charge < -0.3 is 5.73 Å². The molecule has 0 saturated heterocycles. The van der Waals surface area contributed by atoms with Crippen LogP contribution in [0.2, 0.25) is 0 Å². The maximum absolute atomic E-state index is 7.31. The molecule has 1 rings (SSSR count). The van der Waals surface area contributed by atoms with Gasteiger partial charge in [0, 0.05) is 11.7 Å². The summed E-state index contributed by atoms with van der Waals surface area (Å²) in [6.45, 7) is 6.15. The molecule has 0 bridgehead atoms. The van der Waals surface area contributed by atoms with Crippen molar-refractivity contribution in [2.24, 2.45) is 5.73 Å². The highest BCUT2D eigenvalue weighted by atomic mass is 15.3. The maximum Gasteiger partial charge on any atom is 0.126 e. The molecule has 1 aromatic rings. The fourth-order valence-corrected chi connectivity index (χ4v) is 1.31. The van der Waals surface area contributed by atoms with E-state index in [4.69, 9.17) is 11.1 Å². The number of aromatic nitrogens is 2. The Kier molecular flexibility index (Phi) is 2.70. The lowest BCUT2D eigenvalue weighted by Gasteiger charge is -2.11. The first-order chi connectivity index (χ1) is 6.07. The van der Waals surface area contributed by atoms with Crippen LogP contribution in [0.1, 0.15) is 37.6 Å². The minimum Gasteiger partial charge on any atom is -0.384 e. The van der Waals surface area contributed by atoms with Gasteiger partial charge in [0.15, 0.2) is 0 Å². The van der Waals surface area contributed by atoms with E-state index in [1.165, 1.54) is 0 Å². The quantitative estimate of drug-likeness (QED) is 0.546. The summed E-state index contributed by atoms with van der Waals surface area (Å²) < 4.78 is 1.91. The fraction of sp³-hybridized carbons (Fsp3) is 0.556. The van der Waals surface area contributed by atoms with Gasteiger partial charge in [0.2, 0.25) is 0 Å². The van der Waals surface area contributed by atoms with Gasteiger partial charge in [-0.3, -0.25) is 10.1 Å². The molecular formula is C9H16N4. The largest absolute Gasteiger partial charge is 0.384 e. The van der Waals surface area contributed by atoms with Crippen molar-refractivity contribution < 1.29 is 0 Å². The SMILES string of the molecule is CCC(C)n1ncc(C(=N)N)c1C. The Bertz CT molecular complexity index is 313. The second-order valence-corrected chi connectivity index (χ2v) is 3.26. The van der Waals surface area contributed by atoms with Gasteiger partial charge in [-0.2, -0.15) is 5.10 Å². The number of hydrogen-bond acceptors (Lipinski definition) is 2. The molecular weight excluding hydrogens is 164 g/mol. The molecule has 1 atom stereocenters. The fourth-order valence-electron chi connectivity index (χ4n) is 1.31. The molecule has 1 unspecified atom stereocenters. The van der Waals surface area contributed by atoms with Crippen LogP contribution in [0.3, 0.4) is 0 Å². The summed E-state index contributed by atoms with van der Waals surface area (Å²) in [6, 6.07) is 0.369. The predicted octanol–water partition coefficient (Wildman–Crippen LogP) is 1.45. The first-order valence-electron chi connectivity index (χ1n) is 4.46. The normalized spacial score (nSPS) is 12.8. The molecule has 0 aliphatic heterocycles. The first-order valence-corrected chi connectivity index (χ1v) is 4.46. The lowest BCUT2D eigenvalue weighted by molar-refractivity contribution is 0.467. The van der Waals surface area contributed by atoms with Crippen molar-refractivity contribution in [3.8, 4) is 0 Å². The highest BCUT2D eigenvalue weighted by molar-refractivity contribution is 5.95. The van der Waals surface area contributed by atoms with Crippen molar-refractivity contribution in [2.75, 3.05) is 0 Å². The van der Waals surface area contributed by atoms with Crippen LogP contribution in [0.15, 0.2) is 6.20 Å². The Morgan fingerprint density at radius 1 is 1.77 bits per heavy atom. The smallest absolute Gasteiger partial charge is 0.126 e. The Labute approximate surface area is 78.3 Å². The number of nitrogens with zero attached hydrogens (tertiary/aromatic N) is 2. The molecule has 0 spiro atoms. The molecule has 72 valence electrons. The molecule has 1 heterocycles. The summed E-state index contributed by atoms with van der Waals surface area (Å²) >= 11 is 0. The van der Waals surface area contributed by atoms with Crippen LogP contribution < -0.4 is 5.73 Å². The molecule has 0 radical (unpaired) electrons. The molecule has 4 nitrogen and oxygen atoms in total. The molecule has 13 heavy (non-hydrogen) atoms. The molecule has 0 aliphatic carbocycles. The highest BCUT2D eigenvalue weighted by Crippen LogP contribution is 2.14. The van der Waals surface area contributed by atoms with Gasteiger partial charge >= 0.3 is 0 Å². The van der Waals surface area contributed by atoms with Crippen LogP contribution >= 0.6 is 0 Å². The number of amidine groups is 1. The molecule has 0 amide bonds. The zero-order valence-electron chi connectivity index (χ0n) is 8.33. The number of rotatable bonds is 3. The van der Waals surface area contributed by atoms with Crippen LogP contribution in [0.25, 0.3) is 0 Å². The van der Waals surface area contributed by atoms with E-state index in [1.807, 2.05) is 11.6 Å². The zero-order valence-corrected chi connectivity index (χ0v) is 8.33. The minimum atomic E-state index is 0.0899. The molecule has 1 aromatic heterocycles. The summed E-state index contributed by atoms with van der Waals surface area (Å²) in [5.41, 5.74) is 7.11. The third kappa shape index (κ3) is 1.71. The van der Waals surface area contributed by atoms with Gasteiger partial charge in [-0.1, -0.05) is 6.92 Å². The summed E-state index contributed by atoms with van der Waals surface area (Å²) in [5, 5.41) is 11.5. The van der Waals surface area contributed by atoms with Gasteiger partial charge in [-0.15, -0.1) is 0 Å². The first kappa shape index (κ1) is 9.77. The third-order valence-corrected chi connectivity index (χ3v) is 2.34. The summed E-state index contributed by atoms with van der Waals surface area (Å²) in [5.74, 6) is 0.0899. The lowest BCUT2D eigenvalue weighted by Crippen LogP contribution is -2.13. The Morgan fingerprint density at radius 3 is 2.77 bits per heavy atom. The predicted molar refractivity (Wildman–Crippen MR) is 53.0 cm³/mol. The number of nitrogens with two attached hydrogens (primary N) is 1. The number of nitrogen functional groups attached to an aromatic ring is 1. The van der Waals surface area contributed by atoms with Crippen LogP contribution in [-0.2, 0) is 0 Å². The second-order valence-electron chi connectivity index (χ2n) is 3.26. The Hall–Kier alpha value is -1.32. The minimum absolute atomic E-state index is 0.0899. The molecule has 0 aromatic carbocycles. The summed E-state index contributed by atoms with van der Waals surface area (Å²) in [6.07, 6.45) is 2.68. The third-order valence-electron chi connectivity index (χ3n) is 2.34. The van der Waals surface area contributed by atoms with Gasteiger partial charge in [0.1, 0.15) is 5.84 Å². The molecule has 4 heteroatoms. The second kappa shape index (κ2) is 3.60. The molecule has 0 saturated carbocycles. The lowest BCUT2D eigenvalue weighted by atomic mass is 10.2. The Balaban J connectivity index is 3.06. The van der Waals surface area contributed by atoms with E-state index >= 15 is 0 Å². The van der Waals surface area contributed by atoms with Crippen molar-refractivity contribution in [3.05, 3.63) is 17.5 Å². The molecule has 0 aliphatic rings.